The lowest BCUT2D eigenvalue weighted by Crippen LogP contribution is -2.09. The molecule has 0 fully saturated rings. The van der Waals surface area contributed by atoms with Crippen molar-refractivity contribution in [3.05, 3.63) is 71.8 Å². The normalized spacial score (nSPS) is 11.6. The summed E-state index contributed by atoms with van der Waals surface area (Å²) in [5, 5.41) is 10.3. The summed E-state index contributed by atoms with van der Waals surface area (Å²) < 4.78 is 1.42. The molecule has 2 heterocycles. The molecule has 0 bridgehead atoms. The van der Waals surface area contributed by atoms with Gasteiger partial charge in [-0.2, -0.15) is 0 Å². The number of hydrogen-bond acceptors (Lipinski definition) is 7. The number of hydrogen-bond donors (Lipinski definition) is 2. The Hall–Kier alpha value is -3.94. The van der Waals surface area contributed by atoms with Crippen molar-refractivity contribution < 1.29 is 9.59 Å². The second-order valence-electron chi connectivity index (χ2n) is 6.39. The van der Waals surface area contributed by atoms with Gasteiger partial charge in [-0.15, -0.1) is 5.10 Å². The number of carbonyl (C=O) groups excluding carboxylic acids is 2. The molecule has 0 aliphatic rings. The minimum Gasteiger partial charge on any atom is -0.385 e. The van der Waals surface area contributed by atoms with Crippen molar-refractivity contribution in [2.45, 2.75) is 6.92 Å². The highest BCUT2D eigenvalue weighted by molar-refractivity contribution is 5.81. The number of imidazole rings is 1. The summed E-state index contributed by atoms with van der Waals surface area (Å²) in [4.78, 5) is 28.8. The summed E-state index contributed by atoms with van der Waals surface area (Å²) in [6, 6.07) is 9.83. The Morgan fingerprint density at radius 3 is 2.76 bits per heavy atom. The number of nitrogens with one attached hydrogen (secondary N) is 2. The van der Waals surface area contributed by atoms with E-state index in [9.17, 15) is 9.59 Å². The molecule has 2 aromatic heterocycles. The topological polar surface area (TPSA) is 91.6 Å². The third-order valence-corrected chi connectivity index (χ3v) is 4.28. The number of benzene rings is 1. The van der Waals surface area contributed by atoms with Crippen LogP contribution in [0.5, 0.6) is 0 Å². The highest BCUT2D eigenvalue weighted by Crippen LogP contribution is 2.20. The number of aldehydes is 2. The molecule has 0 spiro atoms. The van der Waals surface area contributed by atoms with Crippen molar-refractivity contribution in [1.29, 1.82) is 0 Å². The van der Waals surface area contributed by atoms with Crippen molar-refractivity contribution >= 4 is 35.4 Å². The Morgan fingerprint density at radius 1 is 1.24 bits per heavy atom. The van der Waals surface area contributed by atoms with Gasteiger partial charge in [-0.3, -0.25) is 9.59 Å². The van der Waals surface area contributed by atoms with Crippen LogP contribution in [0.15, 0.2) is 60.6 Å². The van der Waals surface area contributed by atoms with Gasteiger partial charge in [0.15, 0.2) is 24.0 Å². The molecule has 0 saturated heterocycles. The monoisotopic (exact) mass is 390 g/mol. The van der Waals surface area contributed by atoms with Crippen LogP contribution in [0, 0.1) is 6.92 Å². The van der Waals surface area contributed by atoms with Crippen LogP contribution in [-0.4, -0.2) is 41.3 Å². The molecule has 0 atom stereocenters. The third kappa shape index (κ3) is 4.49. The number of rotatable bonds is 8. The second kappa shape index (κ2) is 8.83. The minimum absolute atomic E-state index is 0.316. The average molecular weight is 390 g/mol. The first-order chi connectivity index (χ1) is 14.0. The van der Waals surface area contributed by atoms with E-state index in [1.165, 1.54) is 16.3 Å². The van der Waals surface area contributed by atoms with Gasteiger partial charge < -0.3 is 15.5 Å². The zero-order valence-corrected chi connectivity index (χ0v) is 16.5. The first-order valence-corrected chi connectivity index (χ1v) is 8.97. The summed E-state index contributed by atoms with van der Waals surface area (Å²) in [5.74, 6) is 0.404. The summed E-state index contributed by atoms with van der Waals surface area (Å²) in [6.45, 7) is 2.04. The van der Waals surface area contributed by atoms with Crippen LogP contribution in [0.4, 0.5) is 17.2 Å². The van der Waals surface area contributed by atoms with E-state index in [1.54, 1.807) is 25.3 Å². The van der Waals surface area contributed by atoms with E-state index in [1.807, 2.05) is 43.3 Å². The van der Waals surface area contributed by atoms with Gasteiger partial charge in [0, 0.05) is 32.0 Å². The van der Waals surface area contributed by atoms with Gasteiger partial charge in [0.2, 0.25) is 0 Å². The molecule has 0 amide bonds. The molecule has 0 saturated carbocycles. The Bertz CT molecular complexity index is 1100. The zero-order valence-electron chi connectivity index (χ0n) is 16.5. The lowest BCUT2D eigenvalue weighted by molar-refractivity contribution is -0.104. The molecular formula is C21H22N6O2. The van der Waals surface area contributed by atoms with Crippen LogP contribution in [0.2, 0.25) is 0 Å². The van der Waals surface area contributed by atoms with Crippen LogP contribution in [0.3, 0.4) is 0 Å². The van der Waals surface area contributed by atoms with Crippen LogP contribution in [0.1, 0.15) is 16.1 Å². The average Bonchev–Trinajstić information content (AvgIpc) is 3.15. The number of allylic oxidation sites excluding steroid dienone is 3. The number of anilines is 3. The van der Waals surface area contributed by atoms with E-state index in [0.29, 0.717) is 41.1 Å². The summed E-state index contributed by atoms with van der Waals surface area (Å²) in [5.41, 5.74) is 4.05. The molecule has 8 nitrogen and oxygen atoms in total. The van der Waals surface area contributed by atoms with E-state index in [2.05, 4.69) is 26.8 Å². The summed E-state index contributed by atoms with van der Waals surface area (Å²) in [7, 11) is 3.68. The first-order valence-electron chi connectivity index (χ1n) is 8.97. The van der Waals surface area contributed by atoms with E-state index in [0.717, 1.165) is 5.69 Å². The Balaban J connectivity index is 1.82. The van der Waals surface area contributed by atoms with Gasteiger partial charge in [-0.1, -0.05) is 12.1 Å². The number of aromatic nitrogens is 3. The van der Waals surface area contributed by atoms with Gasteiger partial charge in [0.1, 0.15) is 5.69 Å². The number of nitrogens with zero attached hydrogens (tertiary/aromatic N) is 4. The molecule has 2 N–H and O–H groups in total. The van der Waals surface area contributed by atoms with Crippen molar-refractivity contribution in [3.63, 3.8) is 0 Å². The Morgan fingerprint density at radius 2 is 2.07 bits per heavy atom. The molecule has 3 aromatic rings. The first kappa shape index (κ1) is 19.8. The predicted molar refractivity (Wildman–Crippen MR) is 114 cm³/mol. The molecule has 0 aliphatic heterocycles. The predicted octanol–water partition coefficient (Wildman–Crippen LogP) is 3.04. The standard InChI is InChI=1S/C21H22N6O2/c1-15-6-4-8-17(10-15)26(3)9-5-7-16(13-28)24-20-11-19(22-2)21-23-12-18(14-29)27(21)25-20/h4-14,22H,1-3H3,(H,24,25)/b9-5-,16-7+. The molecule has 0 unspecified atom stereocenters. The zero-order chi connectivity index (χ0) is 20.8. The fourth-order valence-electron chi connectivity index (χ4n) is 2.78. The fourth-order valence-corrected chi connectivity index (χ4v) is 2.78. The van der Waals surface area contributed by atoms with Gasteiger partial charge in [0.05, 0.1) is 17.6 Å². The number of carbonyl (C=O) groups is 2. The number of fused-ring (bicyclic) bond motifs is 1. The maximum absolute atomic E-state index is 11.5. The summed E-state index contributed by atoms with van der Waals surface area (Å²) in [6.07, 6.45) is 8.10. The molecule has 0 radical (unpaired) electrons. The van der Waals surface area contributed by atoms with Crippen molar-refractivity contribution in [2.24, 2.45) is 0 Å². The lowest BCUT2D eigenvalue weighted by atomic mass is 10.2. The summed E-state index contributed by atoms with van der Waals surface area (Å²) >= 11 is 0. The largest absolute Gasteiger partial charge is 0.385 e. The van der Waals surface area contributed by atoms with Gasteiger partial charge in [-0.25, -0.2) is 9.50 Å². The van der Waals surface area contributed by atoms with E-state index in [4.69, 9.17) is 0 Å². The van der Waals surface area contributed by atoms with Crippen LogP contribution < -0.4 is 15.5 Å². The highest BCUT2D eigenvalue weighted by atomic mass is 16.1. The Labute approximate surface area is 168 Å². The van der Waals surface area contributed by atoms with Crippen molar-refractivity contribution in [1.82, 2.24) is 14.6 Å². The maximum atomic E-state index is 11.5. The molecule has 29 heavy (non-hydrogen) atoms. The minimum atomic E-state index is 0.316. The molecule has 0 aliphatic carbocycles. The maximum Gasteiger partial charge on any atom is 0.177 e. The molecular weight excluding hydrogens is 368 g/mol. The Kier molecular flexibility index (Phi) is 6.03. The van der Waals surface area contributed by atoms with E-state index in [-0.39, 0.29) is 0 Å². The van der Waals surface area contributed by atoms with Gasteiger partial charge in [0.25, 0.3) is 0 Å². The van der Waals surface area contributed by atoms with Gasteiger partial charge in [-0.05, 0) is 36.8 Å². The quantitative estimate of drug-likeness (QED) is 0.347. The lowest BCUT2D eigenvalue weighted by Gasteiger charge is -2.14. The second-order valence-corrected chi connectivity index (χ2v) is 6.39. The molecule has 3 rings (SSSR count). The molecule has 1 aromatic carbocycles. The SMILES string of the molecule is CNc1cc(N/C(C=O)=C/C=C\N(C)c2cccc(C)c2)nn2c(C=O)cnc12. The van der Waals surface area contributed by atoms with Gasteiger partial charge >= 0.3 is 0 Å². The van der Waals surface area contributed by atoms with Crippen molar-refractivity contribution in [3.8, 4) is 0 Å². The number of aryl methyl sites for hydroxylation is 1. The van der Waals surface area contributed by atoms with Crippen molar-refractivity contribution in [2.75, 3.05) is 29.6 Å². The van der Waals surface area contributed by atoms with Crippen LogP contribution in [-0.2, 0) is 4.79 Å². The fraction of sp³-hybridized carbons (Fsp3) is 0.143. The molecule has 8 heteroatoms. The smallest absolute Gasteiger partial charge is 0.177 e. The third-order valence-electron chi connectivity index (χ3n) is 4.28. The van der Waals surface area contributed by atoms with Crippen LogP contribution in [0.25, 0.3) is 5.65 Å². The van der Waals surface area contributed by atoms with E-state index >= 15 is 0 Å². The van der Waals surface area contributed by atoms with E-state index < -0.39 is 0 Å². The highest BCUT2D eigenvalue weighted by Gasteiger charge is 2.10. The molecule has 148 valence electrons. The van der Waals surface area contributed by atoms with Crippen LogP contribution >= 0.6 is 0 Å².